The number of urea groups is 1. The number of imide groups is 1. The van der Waals surface area contributed by atoms with Crippen molar-refractivity contribution in [3.8, 4) is 0 Å². The molecular weight excluding hydrogens is 196 g/mol. The van der Waals surface area contributed by atoms with E-state index in [1.54, 1.807) is 6.92 Å². The molecule has 1 N–H and O–H groups in total. The summed E-state index contributed by atoms with van der Waals surface area (Å²) >= 11 is 0. The smallest absolute Gasteiger partial charge is 0.324 e. The molecule has 0 spiro atoms. The number of nitrogens with one attached hydrogen (secondary N) is 1. The Kier molecular flexibility index (Phi) is 3.44. The van der Waals surface area contributed by atoms with E-state index in [0.717, 1.165) is 11.2 Å². The fourth-order valence-corrected chi connectivity index (χ4v) is 1.50. The third-order valence-corrected chi connectivity index (χ3v) is 2.43. The molecule has 5 heteroatoms. The fraction of sp³-hybridized carbons (Fsp3) is 0.700. The zero-order chi connectivity index (χ0) is 11.6. The summed E-state index contributed by atoms with van der Waals surface area (Å²) in [6.07, 6.45) is 0.739. The van der Waals surface area contributed by atoms with E-state index in [1.165, 1.54) is 0 Å². The summed E-state index contributed by atoms with van der Waals surface area (Å²) in [6.45, 7) is 5.58. The van der Waals surface area contributed by atoms with Crippen molar-refractivity contribution in [3.05, 3.63) is 0 Å². The SMILES string of the molecule is CC(C=O)CN1C(=O)NC(C(C)C)C1=O. The van der Waals surface area contributed by atoms with Crippen molar-refractivity contribution >= 4 is 18.2 Å². The average Bonchev–Trinajstić information content (AvgIpc) is 2.45. The van der Waals surface area contributed by atoms with Crippen LogP contribution in [0.1, 0.15) is 20.8 Å². The summed E-state index contributed by atoms with van der Waals surface area (Å²) in [6, 6.07) is -0.844. The minimum Gasteiger partial charge on any atom is -0.326 e. The Bertz CT molecular complexity index is 288. The maximum absolute atomic E-state index is 11.7. The maximum Gasteiger partial charge on any atom is 0.324 e. The van der Waals surface area contributed by atoms with E-state index in [2.05, 4.69) is 5.32 Å². The Morgan fingerprint density at radius 3 is 2.40 bits per heavy atom. The molecule has 84 valence electrons. The van der Waals surface area contributed by atoms with Gasteiger partial charge in [-0.05, 0) is 5.92 Å². The highest BCUT2D eigenvalue weighted by Gasteiger charge is 2.39. The van der Waals surface area contributed by atoms with Gasteiger partial charge in [-0.15, -0.1) is 0 Å². The van der Waals surface area contributed by atoms with E-state index in [4.69, 9.17) is 0 Å². The summed E-state index contributed by atoms with van der Waals surface area (Å²) in [7, 11) is 0. The van der Waals surface area contributed by atoms with E-state index >= 15 is 0 Å². The van der Waals surface area contributed by atoms with Crippen LogP contribution in [0.4, 0.5) is 4.79 Å². The number of rotatable bonds is 4. The normalized spacial score (nSPS) is 23.2. The molecule has 1 rings (SSSR count). The number of aldehydes is 1. The molecule has 0 saturated carbocycles. The van der Waals surface area contributed by atoms with Crippen molar-refractivity contribution in [1.82, 2.24) is 10.2 Å². The van der Waals surface area contributed by atoms with Crippen LogP contribution < -0.4 is 5.32 Å². The summed E-state index contributed by atoms with van der Waals surface area (Å²) < 4.78 is 0. The highest BCUT2D eigenvalue weighted by Crippen LogP contribution is 2.14. The standard InChI is InChI=1S/C10H16N2O3/c1-6(2)8-9(14)12(10(15)11-8)4-7(3)5-13/h5-8H,4H2,1-3H3,(H,11,15). The molecule has 1 heterocycles. The number of hydrogen-bond donors (Lipinski definition) is 1. The van der Waals surface area contributed by atoms with Crippen molar-refractivity contribution in [2.75, 3.05) is 6.54 Å². The minimum absolute atomic E-state index is 0.0676. The second-order valence-electron chi connectivity index (χ2n) is 4.23. The van der Waals surface area contributed by atoms with E-state index in [1.807, 2.05) is 13.8 Å². The van der Waals surface area contributed by atoms with Crippen LogP contribution in [-0.2, 0) is 9.59 Å². The molecule has 0 aromatic rings. The summed E-state index contributed by atoms with van der Waals surface area (Å²) in [5.41, 5.74) is 0. The molecule has 1 aliphatic rings. The second-order valence-corrected chi connectivity index (χ2v) is 4.23. The first-order valence-electron chi connectivity index (χ1n) is 5.04. The Labute approximate surface area is 88.8 Å². The predicted molar refractivity (Wildman–Crippen MR) is 54.1 cm³/mol. The van der Waals surface area contributed by atoms with Crippen molar-refractivity contribution in [3.63, 3.8) is 0 Å². The average molecular weight is 212 g/mol. The molecule has 5 nitrogen and oxygen atoms in total. The third-order valence-electron chi connectivity index (χ3n) is 2.43. The molecule has 0 aromatic heterocycles. The van der Waals surface area contributed by atoms with Crippen LogP contribution in [-0.4, -0.2) is 35.7 Å². The van der Waals surface area contributed by atoms with Crippen molar-refractivity contribution in [2.24, 2.45) is 11.8 Å². The Morgan fingerprint density at radius 1 is 1.40 bits per heavy atom. The van der Waals surface area contributed by atoms with Gasteiger partial charge in [0.2, 0.25) is 0 Å². The lowest BCUT2D eigenvalue weighted by Gasteiger charge is -2.15. The predicted octanol–water partition coefficient (Wildman–Crippen LogP) is 0.398. The first-order valence-corrected chi connectivity index (χ1v) is 5.04. The molecule has 15 heavy (non-hydrogen) atoms. The number of carbonyl (C=O) groups is 3. The van der Waals surface area contributed by atoms with Gasteiger partial charge in [0.1, 0.15) is 12.3 Å². The quantitative estimate of drug-likeness (QED) is 0.541. The van der Waals surface area contributed by atoms with Crippen molar-refractivity contribution in [1.29, 1.82) is 0 Å². The molecule has 1 fully saturated rings. The summed E-state index contributed by atoms with van der Waals surface area (Å²) in [5.74, 6) is -0.479. The largest absolute Gasteiger partial charge is 0.326 e. The van der Waals surface area contributed by atoms with Gasteiger partial charge in [0.25, 0.3) is 5.91 Å². The number of amides is 3. The maximum atomic E-state index is 11.7. The Hall–Kier alpha value is -1.39. The molecule has 1 saturated heterocycles. The monoisotopic (exact) mass is 212 g/mol. The van der Waals surface area contributed by atoms with Gasteiger partial charge in [-0.1, -0.05) is 20.8 Å². The highest BCUT2D eigenvalue weighted by atomic mass is 16.2. The number of carbonyl (C=O) groups excluding carboxylic acids is 3. The van der Waals surface area contributed by atoms with Crippen LogP contribution in [0, 0.1) is 11.8 Å². The van der Waals surface area contributed by atoms with Gasteiger partial charge >= 0.3 is 6.03 Å². The summed E-state index contributed by atoms with van der Waals surface area (Å²) in [5, 5.41) is 2.60. The van der Waals surface area contributed by atoms with E-state index in [-0.39, 0.29) is 24.3 Å². The van der Waals surface area contributed by atoms with Gasteiger partial charge < -0.3 is 10.1 Å². The highest BCUT2D eigenvalue weighted by molar-refractivity contribution is 6.04. The second kappa shape index (κ2) is 4.42. The van der Waals surface area contributed by atoms with Crippen LogP contribution in [0.15, 0.2) is 0 Å². The number of nitrogens with zero attached hydrogens (tertiary/aromatic N) is 1. The lowest BCUT2D eigenvalue weighted by molar-refractivity contribution is -0.128. The topological polar surface area (TPSA) is 66.5 Å². The van der Waals surface area contributed by atoms with Crippen LogP contribution in [0.3, 0.4) is 0 Å². The van der Waals surface area contributed by atoms with Gasteiger partial charge in [-0.25, -0.2) is 4.79 Å². The van der Waals surface area contributed by atoms with Crippen molar-refractivity contribution in [2.45, 2.75) is 26.8 Å². The first kappa shape index (κ1) is 11.7. The lowest BCUT2D eigenvalue weighted by atomic mass is 10.0. The lowest BCUT2D eigenvalue weighted by Crippen LogP contribution is -2.36. The Balaban J connectivity index is 2.71. The van der Waals surface area contributed by atoms with E-state index in [9.17, 15) is 14.4 Å². The third kappa shape index (κ3) is 2.34. The molecule has 0 aromatic carbocycles. The Morgan fingerprint density at radius 2 is 2.00 bits per heavy atom. The molecule has 0 aliphatic carbocycles. The van der Waals surface area contributed by atoms with E-state index < -0.39 is 12.1 Å². The van der Waals surface area contributed by atoms with Gasteiger partial charge in [0.05, 0.1) is 0 Å². The van der Waals surface area contributed by atoms with Gasteiger partial charge in [-0.3, -0.25) is 9.69 Å². The van der Waals surface area contributed by atoms with Crippen LogP contribution in [0.2, 0.25) is 0 Å². The van der Waals surface area contributed by atoms with Crippen LogP contribution in [0.25, 0.3) is 0 Å². The molecule has 0 radical (unpaired) electrons. The van der Waals surface area contributed by atoms with Gasteiger partial charge in [0, 0.05) is 12.5 Å². The molecule has 3 amide bonds. The van der Waals surface area contributed by atoms with Gasteiger partial charge in [0.15, 0.2) is 0 Å². The van der Waals surface area contributed by atoms with Crippen molar-refractivity contribution < 1.29 is 14.4 Å². The molecule has 1 aliphatic heterocycles. The molecule has 2 atom stereocenters. The zero-order valence-corrected chi connectivity index (χ0v) is 9.19. The number of hydrogen-bond acceptors (Lipinski definition) is 3. The molecule has 2 unspecified atom stereocenters. The van der Waals surface area contributed by atoms with E-state index in [0.29, 0.717) is 0 Å². The van der Waals surface area contributed by atoms with Crippen LogP contribution in [0.5, 0.6) is 0 Å². The minimum atomic E-state index is -0.448. The summed E-state index contributed by atoms with van der Waals surface area (Å²) in [4.78, 5) is 34.7. The fourth-order valence-electron chi connectivity index (χ4n) is 1.50. The molecular formula is C10H16N2O3. The van der Waals surface area contributed by atoms with Gasteiger partial charge in [-0.2, -0.15) is 0 Å². The first-order chi connectivity index (χ1) is 6.97. The van der Waals surface area contributed by atoms with Crippen LogP contribution >= 0.6 is 0 Å². The zero-order valence-electron chi connectivity index (χ0n) is 9.19. The molecule has 0 bridgehead atoms.